The molecule has 0 fully saturated rings. The van der Waals surface area contributed by atoms with Crippen molar-refractivity contribution in [3.63, 3.8) is 0 Å². The number of methoxy groups -OCH3 is 1. The number of aromatic nitrogens is 3. The Labute approximate surface area is 140 Å². The van der Waals surface area contributed by atoms with Gasteiger partial charge in [-0.1, -0.05) is 18.2 Å². The summed E-state index contributed by atoms with van der Waals surface area (Å²) in [4.78, 5) is 20.9. The van der Waals surface area contributed by atoms with Gasteiger partial charge in [-0.15, -0.1) is 0 Å². The molecule has 2 heterocycles. The molecule has 0 unspecified atom stereocenters. The van der Waals surface area contributed by atoms with Crippen LogP contribution in [0.4, 0.5) is 0 Å². The molecule has 2 aromatic heterocycles. The summed E-state index contributed by atoms with van der Waals surface area (Å²) < 4.78 is 7.17. The van der Waals surface area contributed by atoms with E-state index in [4.69, 9.17) is 4.74 Å². The van der Waals surface area contributed by atoms with E-state index in [0.717, 1.165) is 11.5 Å². The zero-order chi connectivity index (χ0) is 16.8. The number of hydrogen-bond donors (Lipinski definition) is 1. The van der Waals surface area contributed by atoms with E-state index in [9.17, 15) is 4.79 Å². The van der Waals surface area contributed by atoms with Crippen LogP contribution in [0.5, 0.6) is 5.75 Å². The second kappa shape index (κ2) is 7.41. The molecule has 0 aliphatic heterocycles. The fourth-order valence-electron chi connectivity index (χ4n) is 2.44. The molecule has 0 spiro atoms. The van der Waals surface area contributed by atoms with Crippen molar-refractivity contribution in [1.82, 2.24) is 19.9 Å². The van der Waals surface area contributed by atoms with Crippen LogP contribution in [0.2, 0.25) is 0 Å². The van der Waals surface area contributed by atoms with Crippen molar-refractivity contribution in [2.75, 3.05) is 13.7 Å². The summed E-state index contributed by atoms with van der Waals surface area (Å²) in [6.45, 7) is 1.08. The topological polar surface area (TPSA) is 69.0 Å². The molecule has 0 saturated heterocycles. The second-order valence-corrected chi connectivity index (χ2v) is 5.12. The summed E-state index contributed by atoms with van der Waals surface area (Å²) in [5.41, 5.74) is 1.33. The molecule has 3 aromatic rings. The van der Waals surface area contributed by atoms with E-state index in [0.29, 0.717) is 24.4 Å². The predicted octanol–water partition coefficient (Wildman–Crippen LogP) is 2.38. The molecule has 0 aliphatic rings. The standard InChI is InChI=1S/C18H18N4O2/c1-24-16-8-3-2-6-14(16)18(23)21-11-13-22-12-10-20-17(22)15-7-4-5-9-19-15/h2-10,12H,11,13H2,1H3,(H,21,23). The third-order valence-corrected chi connectivity index (χ3v) is 3.60. The van der Waals surface area contributed by atoms with Gasteiger partial charge in [-0.2, -0.15) is 0 Å². The minimum Gasteiger partial charge on any atom is -0.496 e. The van der Waals surface area contributed by atoms with Crippen LogP contribution in [-0.2, 0) is 6.54 Å². The maximum absolute atomic E-state index is 12.3. The summed E-state index contributed by atoms with van der Waals surface area (Å²) in [7, 11) is 1.55. The van der Waals surface area contributed by atoms with Gasteiger partial charge in [-0.3, -0.25) is 9.78 Å². The van der Waals surface area contributed by atoms with Crippen molar-refractivity contribution >= 4 is 5.91 Å². The van der Waals surface area contributed by atoms with Crippen molar-refractivity contribution in [2.45, 2.75) is 6.54 Å². The van der Waals surface area contributed by atoms with Crippen LogP contribution < -0.4 is 10.1 Å². The van der Waals surface area contributed by atoms with Gasteiger partial charge < -0.3 is 14.6 Å². The number of carbonyl (C=O) groups is 1. The van der Waals surface area contributed by atoms with Gasteiger partial charge in [0.15, 0.2) is 5.82 Å². The number of imidazole rings is 1. The van der Waals surface area contributed by atoms with Crippen LogP contribution in [-0.4, -0.2) is 34.1 Å². The van der Waals surface area contributed by atoms with Gasteiger partial charge in [0.05, 0.1) is 12.7 Å². The lowest BCUT2D eigenvalue weighted by atomic mass is 10.2. The van der Waals surface area contributed by atoms with Crippen molar-refractivity contribution in [2.24, 2.45) is 0 Å². The average Bonchev–Trinajstić information content (AvgIpc) is 3.11. The molecule has 6 heteroatoms. The Bertz CT molecular complexity index is 815. The Morgan fingerprint density at radius 1 is 1.12 bits per heavy atom. The number of carbonyl (C=O) groups excluding carboxylic acids is 1. The maximum atomic E-state index is 12.3. The number of pyridine rings is 1. The number of nitrogens with zero attached hydrogens (tertiary/aromatic N) is 3. The van der Waals surface area contributed by atoms with Crippen LogP contribution in [0, 0.1) is 0 Å². The Hall–Kier alpha value is -3.15. The molecule has 0 aliphatic carbocycles. The van der Waals surface area contributed by atoms with E-state index in [1.165, 1.54) is 0 Å². The third-order valence-electron chi connectivity index (χ3n) is 3.60. The van der Waals surface area contributed by atoms with E-state index < -0.39 is 0 Å². The first-order valence-corrected chi connectivity index (χ1v) is 7.63. The Morgan fingerprint density at radius 2 is 1.96 bits per heavy atom. The van der Waals surface area contributed by atoms with E-state index >= 15 is 0 Å². The number of ether oxygens (including phenoxy) is 1. The van der Waals surface area contributed by atoms with Crippen molar-refractivity contribution in [3.05, 3.63) is 66.6 Å². The lowest BCUT2D eigenvalue weighted by molar-refractivity contribution is 0.0949. The Kier molecular flexibility index (Phi) is 4.86. The zero-order valence-electron chi connectivity index (χ0n) is 13.3. The quantitative estimate of drug-likeness (QED) is 0.756. The minimum atomic E-state index is -0.160. The molecule has 1 amide bonds. The minimum absolute atomic E-state index is 0.160. The number of para-hydroxylation sites is 1. The summed E-state index contributed by atoms with van der Waals surface area (Å²) >= 11 is 0. The summed E-state index contributed by atoms with van der Waals surface area (Å²) in [6, 6.07) is 12.8. The summed E-state index contributed by atoms with van der Waals surface area (Å²) in [5.74, 6) is 1.18. The highest BCUT2D eigenvalue weighted by molar-refractivity contribution is 5.96. The lowest BCUT2D eigenvalue weighted by Crippen LogP contribution is -2.27. The predicted molar refractivity (Wildman–Crippen MR) is 90.8 cm³/mol. The van der Waals surface area contributed by atoms with Gasteiger partial charge in [0, 0.05) is 31.7 Å². The lowest BCUT2D eigenvalue weighted by Gasteiger charge is -2.10. The second-order valence-electron chi connectivity index (χ2n) is 5.12. The molecule has 24 heavy (non-hydrogen) atoms. The van der Waals surface area contributed by atoms with Crippen LogP contribution >= 0.6 is 0 Å². The first-order valence-electron chi connectivity index (χ1n) is 7.63. The van der Waals surface area contributed by atoms with E-state index in [1.807, 2.05) is 41.1 Å². The molecule has 0 bridgehead atoms. The van der Waals surface area contributed by atoms with Crippen LogP contribution in [0.1, 0.15) is 10.4 Å². The third kappa shape index (κ3) is 3.43. The molecular weight excluding hydrogens is 304 g/mol. The van der Waals surface area contributed by atoms with Gasteiger partial charge in [0.1, 0.15) is 11.4 Å². The molecule has 0 saturated carbocycles. The van der Waals surface area contributed by atoms with Gasteiger partial charge in [0.2, 0.25) is 0 Å². The van der Waals surface area contributed by atoms with Gasteiger partial charge in [0.25, 0.3) is 5.91 Å². The number of benzene rings is 1. The average molecular weight is 322 g/mol. The van der Waals surface area contributed by atoms with Crippen LogP contribution in [0.25, 0.3) is 11.5 Å². The SMILES string of the molecule is COc1ccccc1C(=O)NCCn1ccnc1-c1ccccn1. The summed E-state index contributed by atoms with van der Waals surface area (Å²) in [5, 5.41) is 2.90. The largest absolute Gasteiger partial charge is 0.496 e. The number of hydrogen-bond acceptors (Lipinski definition) is 4. The number of amides is 1. The highest BCUT2D eigenvalue weighted by atomic mass is 16.5. The molecule has 3 rings (SSSR count). The van der Waals surface area contributed by atoms with Crippen LogP contribution in [0.15, 0.2) is 61.1 Å². The van der Waals surface area contributed by atoms with Gasteiger partial charge in [-0.25, -0.2) is 4.98 Å². The molecule has 1 N–H and O–H groups in total. The normalized spacial score (nSPS) is 10.4. The Balaban J connectivity index is 1.64. The van der Waals surface area contributed by atoms with Gasteiger partial charge in [-0.05, 0) is 24.3 Å². The van der Waals surface area contributed by atoms with E-state index in [-0.39, 0.29) is 5.91 Å². The summed E-state index contributed by atoms with van der Waals surface area (Å²) in [6.07, 6.45) is 5.34. The van der Waals surface area contributed by atoms with Crippen molar-refractivity contribution < 1.29 is 9.53 Å². The first-order chi connectivity index (χ1) is 11.8. The highest BCUT2D eigenvalue weighted by Crippen LogP contribution is 2.17. The highest BCUT2D eigenvalue weighted by Gasteiger charge is 2.11. The molecule has 122 valence electrons. The van der Waals surface area contributed by atoms with Gasteiger partial charge >= 0.3 is 0 Å². The van der Waals surface area contributed by atoms with E-state index in [2.05, 4.69) is 15.3 Å². The number of rotatable bonds is 6. The van der Waals surface area contributed by atoms with Crippen molar-refractivity contribution in [3.8, 4) is 17.3 Å². The molecular formula is C18H18N4O2. The van der Waals surface area contributed by atoms with Crippen molar-refractivity contribution in [1.29, 1.82) is 0 Å². The molecule has 0 atom stereocenters. The smallest absolute Gasteiger partial charge is 0.255 e. The first kappa shape index (κ1) is 15.7. The Morgan fingerprint density at radius 3 is 2.75 bits per heavy atom. The molecule has 0 radical (unpaired) electrons. The fourth-order valence-corrected chi connectivity index (χ4v) is 2.44. The van der Waals surface area contributed by atoms with Crippen LogP contribution in [0.3, 0.4) is 0 Å². The maximum Gasteiger partial charge on any atom is 0.255 e. The molecule has 6 nitrogen and oxygen atoms in total. The zero-order valence-corrected chi connectivity index (χ0v) is 13.3. The monoisotopic (exact) mass is 322 g/mol. The van der Waals surface area contributed by atoms with E-state index in [1.54, 1.807) is 31.6 Å². The fraction of sp³-hybridized carbons (Fsp3) is 0.167. The molecule has 1 aromatic carbocycles. The number of nitrogens with one attached hydrogen (secondary N) is 1.